The van der Waals surface area contributed by atoms with Crippen molar-refractivity contribution in [3.05, 3.63) is 52.7 Å². The third-order valence-corrected chi connectivity index (χ3v) is 7.44. The maximum atomic E-state index is 12.2. The molecule has 3 nitrogen and oxygen atoms in total. The van der Waals surface area contributed by atoms with Gasteiger partial charge in [0.05, 0.1) is 19.0 Å². The molecule has 1 aliphatic carbocycles. The van der Waals surface area contributed by atoms with Gasteiger partial charge >= 0.3 is 0 Å². The second-order valence-corrected chi connectivity index (χ2v) is 8.25. The Morgan fingerprint density at radius 2 is 2.08 bits per heavy atom. The molecule has 0 aromatic heterocycles. The number of allylic oxidation sites excluding steroid dienone is 2. The lowest BCUT2D eigenvalue weighted by molar-refractivity contribution is -0.923. The van der Waals surface area contributed by atoms with Crippen molar-refractivity contribution in [3.8, 4) is 0 Å². The zero-order valence-corrected chi connectivity index (χ0v) is 15.9. The summed E-state index contributed by atoms with van der Waals surface area (Å²) >= 11 is 0. The lowest BCUT2D eigenvalue weighted by Crippen LogP contribution is -3.00. The first-order chi connectivity index (χ1) is 11.6. The van der Waals surface area contributed by atoms with E-state index >= 15 is 0 Å². The van der Waals surface area contributed by atoms with Gasteiger partial charge in [-0.05, 0) is 24.1 Å². The van der Waals surface area contributed by atoms with E-state index in [-0.39, 0.29) is 17.8 Å². The van der Waals surface area contributed by atoms with Crippen LogP contribution < -0.4 is 17.3 Å². The van der Waals surface area contributed by atoms with E-state index in [1.165, 1.54) is 29.1 Å². The maximum Gasteiger partial charge on any atom is 0.148 e. The summed E-state index contributed by atoms with van der Waals surface area (Å²) in [5, 5.41) is 0. The molecule has 0 amide bonds. The summed E-state index contributed by atoms with van der Waals surface area (Å²) in [6, 6.07) is 9.41. The van der Waals surface area contributed by atoms with Crippen LogP contribution >= 0.6 is 0 Å². The van der Waals surface area contributed by atoms with Gasteiger partial charge in [0.25, 0.3) is 0 Å². The minimum Gasteiger partial charge on any atom is -1.00 e. The molecular weight excluding hydrogens is 332 g/mol. The van der Waals surface area contributed by atoms with E-state index in [4.69, 9.17) is 0 Å². The van der Waals surface area contributed by atoms with Crippen LogP contribution in [0, 0.1) is 5.92 Å². The van der Waals surface area contributed by atoms with Gasteiger partial charge in [0.1, 0.15) is 18.9 Å². The average molecular weight is 357 g/mol. The number of nitrogens with zero attached hydrogens (tertiary/aromatic N) is 2. The number of carbonyl (C=O) groups excluding carboxylic acids is 1. The molecule has 1 unspecified atom stereocenters. The van der Waals surface area contributed by atoms with Crippen LogP contribution in [-0.2, 0) is 10.2 Å². The Hall–Kier alpha value is -1.58. The molecule has 1 aromatic rings. The lowest BCUT2D eigenvalue weighted by Gasteiger charge is -2.52. The van der Waals surface area contributed by atoms with Crippen molar-refractivity contribution >= 4 is 12.0 Å². The second-order valence-electron chi connectivity index (χ2n) is 8.25. The fourth-order valence-corrected chi connectivity index (χ4v) is 6.49. The molecule has 2 bridgehead atoms. The summed E-state index contributed by atoms with van der Waals surface area (Å²) in [6.07, 6.45) is 5.71. The Labute approximate surface area is 156 Å². The van der Waals surface area contributed by atoms with E-state index in [0.29, 0.717) is 12.0 Å². The number of hydrogen-bond donors (Lipinski definition) is 0. The van der Waals surface area contributed by atoms with E-state index in [2.05, 4.69) is 56.3 Å². The molecule has 132 valence electrons. The van der Waals surface area contributed by atoms with Gasteiger partial charge in [-0.3, -0.25) is 4.79 Å². The third kappa shape index (κ3) is 1.73. The van der Waals surface area contributed by atoms with E-state index in [0.717, 1.165) is 35.7 Å². The molecule has 1 spiro atoms. The monoisotopic (exact) mass is 356 g/mol. The molecule has 4 atom stereocenters. The number of benzene rings is 1. The molecule has 3 aliphatic heterocycles. The molecule has 5 rings (SSSR count). The molecule has 0 saturated carbocycles. The van der Waals surface area contributed by atoms with Gasteiger partial charge in [0, 0.05) is 42.8 Å². The number of carbonyl (C=O) groups is 1. The molecule has 2 fully saturated rings. The molecular formula is C21H25ClN2O. The van der Waals surface area contributed by atoms with Crippen LogP contribution in [0.1, 0.15) is 25.3 Å². The van der Waals surface area contributed by atoms with Gasteiger partial charge in [-0.2, -0.15) is 0 Å². The number of anilines is 1. The lowest BCUT2D eigenvalue weighted by atomic mass is 9.61. The largest absolute Gasteiger partial charge is 1.00 e. The highest BCUT2D eigenvalue weighted by Gasteiger charge is 2.68. The second kappa shape index (κ2) is 5.21. The fourth-order valence-electron chi connectivity index (χ4n) is 6.49. The standard InChI is InChI=1S/C21H25N2O.ClH/c1-4-14-12-23(3)10-9-21-17-7-5-6-8-18(17)22(2)20(21)16(13-24)15(14)11-19(21)23;/h4-8,13,15,19H,9-12H2,1-3H3;1H/q+1;/p-1/b14-4+;/t15-,19-,21+,23?;/m0./s1. The fraction of sp³-hybridized carbons (Fsp3) is 0.476. The van der Waals surface area contributed by atoms with Crippen molar-refractivity contribution in [1.29, 1.82) is 0 Å². The SMILES string of the molecule is C/C=C1\C[N+]2(C)CC[C@]34C(=C(C=O)[C@H]1C[C@@H]32)N(C)c1ccccc14.[Cl-]. The van der Waals surface area contributed by atoms with E-state index in [1.54, 1.807) is 0 Å². The van der Waals surface area contributed by atoms with Crippen LogP contribution in [0.25, 0.3) is 0 Å². The van der Waals surface area contributed by atoms with Gasteiger partial charge in [-0.15, -0.1) is 0 Å². The van der Waals surface area contributed by atoms with Crippen molar-refractivity contribution in [2.75, 3.05) is 32.1 Å². The Morgan fingerprint density at radius 1 is 1.32 bits per heavy atom. The predicted molar refractivity (Wildman–Crippen MR) is 95.8 cm³/mol. The normalized spacial score (nSPS) is 39.2. The Bertz CT molecular complexity index is 829. The Balaban J connectivity index is 0.00000157. The number of para-hydroxylation sites is 1. The topological polar surface area (TPSA) is 20.3 Å². The van der Waals surface area contributed by atoms with Crippen LogP contribution in [-0.4, -0.2) is 44.0 Å². The van der Waals surface area contributed by atoms with Crippen molar-refractivity contribution in [2.24, 2.45) is 5.92 Å². The average Bonchev–Trinajstić information content (AvgIpc) is 3.07. The minimum atomic E-state index is 0. The van der Waals surface area contributed by atoms with Crippen LogP contribution in [0.4, 0.5) is 5.69 Å². The molecule has 4 aliphatic rings. The zero-order chi connectivity index (χ0) is 16.7. The van der Waals surface area contributed by atoms with Gasteiger partial charge in [-0.1, -0.05) is 24.3 Å². The Morgan fingerprint density at radius 3 is 2.80 bits per heavy atom. The van der Waals surface area contributed by atoms with Crippen LogP contribution in [0.5, 0.6) is 0 Å². The third-order valence-electron chi connectivity index (χ3n) is 7.44. The smallest absolute Gasteiger partial charge is 0.148 e. The number of likely N-dealkylation sites (N-methyl/N-ethyl adjacent to an activating group) is 2. The molecule has 4 heteroatoms. The number of piperidine rings is 1. The quantitative estimate of drug-likeness (QED) is 0.402. The molecule has 25 heavy (non-hydrogen) atoms. The van der Waals surface area contributed by atoms with Crippen molar-refractivity contribution in [1.82, 2.24) is 0 Å². The molecule has 0 radical (unpaired) electrons. The summed E-state index contributed by atoms with van der Waals surface area (Å²) in [4.78, 5) is 14.5. The highest BCUT2D eigenvalue weighted by Crippen LogP contribution is 2.64. The molecule has 3 heterocycles. The highest BCUT2D eigenvalue weighted by molar-refractivity contribution is 5.85. The van der Waals surface area contributed by atoms with Crippen molar-refractivity contribution in [2.45, 2.75) is 31.2 Å². The van der Waals surface area contributed by atoms with Gasteiger partial charge < -0.3 is 21.8 Å². The van der Waals surface area contributed by atoms with Crippen LogP contribution in [0.2, 0.25) is 0 Å². The summed E-state index contributed by atoms with van der Waals surface area (Å²) in [5.41, 5.74) is 6.62. The first-order valence-corrected chi connectivity index (χ1v) is 9.09. The van der Waals surface area contributed by atoms with Gasteiger partial charge in [-0.25, -0.2) is 0 Å². The number of rotatable bonds is 1. The van der Waals surface area contributed by atoms with Crippen molar-refractivity contribution < 1.29 is 21.7 Å². The van der Waals surface area contributed by atoms with Gasteiger partial charge in [0.2, 0.25) is 0 Å². The van der Waals surface area contributed by atoms with Crippen molar-refractivity contribution in [3.63, 3.8) is 0 Å². The summed E-state index contributed by atoms with van der Waals surface area (Å²) < 4.78 is 1.13. The first kappa shape index (κ1) is 16.9. The number of hydrogen-bond acceptors (Lipinski definition) is 2. The molecule has 2 saturated heterocycles. The van der Waals surface area contributed by atoms with Crippen LogP contribution in [0.15, 0.2) is 47.2 Å². The minimum absolute atomic E-state index is 0. The van der Waals surface area contributed by atoms with Crippen LogP contribution in [0.3, 0.4) is 0 Å². The number of halogens is 1. The van der Waals surface area contributed by atoms with E-state index in [1.807, 2.05) is 0 Å². The number of aldehydes is 1. The summed E-state index contributed by atoms with van der Waals surface area (Å²) in [5.74, 6) is 0.321. The zero-order valence-electron chi connectivity index (χ0n) is 15.1. The maximum absolute atomic E-state index is 12.2. The molecule has 0 N–H and O–H groups in total. The summed E-state index contributed by atoms with van der Waals surface area (Å²) in [6.45, 7) is 4.44. The highest BCUT2D eigenvalue weighted by atomic mass is 35.5. The number of quaternary nitrogens is 1. The summed E-state index contributed by atoms with van der Waals surface area (Å²) in [7, 11) is 4.59. The van der Waals surface area contributed by atoms with E-state index < -0.39 is 0 Å². The Kier molecular flexibility index (Phi) is 3.52. The van der Waals surface area contributed by atoms with E-state index in [9.17, 15) is 4.79 Å². The molecule has 1 aromatic carbocycles. The first-order valence-electron chi connectivity index (χ1n) is 9.09. The number of fused-ring (bicyclic) bond motifs is 2. The predicted octanol–water partition coefficient (Wildman–Crippen LogP) is 0.0299. The van der Waals surface area contributed by atoms with Gasteiger partial charge in [0.15, 0.2) is 0 Å².